The summed E-state index contributed by atoms with van der Waals surface area (Å²) in [6, 6.07) is 6.33. The molecule has 0 saturated carbocycles. The van der Waals surface area contributed by atoms with E-state index in [1.54, 1.807) is 36.6 Å². The van der Waals surface area contributed by atoms with Gasteiger partial charge in [0.25, 0.3) is 0 Å². The molecule has 0 saturated heterocycles. The van der Waals surface area contributed by atoms with Crippen molar-refractivity contribution in [2.45, 2.75) is 20.4 Å². The quantitative estimate of drug-likeness (QED) is 0.373. The molecule has 1 aromatic carbocycles. The topological polar surface area (TPSA) is 70.4 Å². The minimum atomic E-state index is -0.469. The van der Waals surface area contributed by atoms with Crippen LogP contribution >= 0.6 is 23.2 Å². The Hall–Kier alpha value is -2.31. The third-order valence-corrected chi connectivity index (χ3v) is 4.33. The van der Waals surface area contributed by atoms with Gasteiger partial charge >= 0.3 is 5.97 Å². The lowest BCUT2D eigenvalue weighted by Crippen LogP contribution is -2.19. The number of carbonyl (C=O) groups is 1. The summed E-state index contributed by atoms with van der Waals surface area (Å²) in [6.45, 7) is 3.95. The Morgan fingerprint density at radius 1 is 1.12 bits per heavy atom. The molecule has 0 amide bonds. The Balaban J connectivity index is 2.48. The second kappa shape index (κ2) is 7.51. The molecule has 8 heteroatoms. The van der Waals surface area contributed by atoms with Crippen molar-refractivity contribution in [3.63, 3.8) is 0 Å². The van der Waals surface area contributed by atoms with Crippen LogP contribution in [0, 0.1) is 0 Å². The van der Waals surface area contributed by atoms with Crippen molar-refractivity contribution in [2.75, 3.05) is 13.2 Å². The molecule has 0 atom stereocenters. The summed E-state index contributed by atoms with van der Waals surface area (Å²) in [4.78, 5) is 29.3. The van der Waals surface area contributed by atoms with E-state index in [1.807, 2.05) is 0 Å². The Morgan fingerprint density at radius 3 is 2.54 bits per heavy atom. The summed E-state index contributed by atoms with van der Waals surface area (Å²) in [7, 11) is 0. The highest BCUT2D eigenvalue weighted by molar-refractivity contribution is 6.33. The summed E-state index contributed by atoms with van der Waals surface area (Å²) >= 11 is 12.3. The second-order valence-corrected chi connectivity index (χ2v) is 6.23. The standard InChI is InChI=1S/C18H16Cl2N2O4/c1-3-25-14(23)9-22-15-10(5-7-12(19)17(15)26-4-2)16(24)11-6-8-13(20)21-18(11)22/h5-8H,3-4,9H2,1-2H3. The van der Waals surface area contributed by atoms with Crippen LogP contribution in [0.2, 0.25) is 10.2 Å². The fraction of sp³-hybridized carbons (Fsp3) is 0.278. The van der Waals surface area contributed by atoms with E-state index < -0.39 is 5.97 Å². The van der Waals surface area contributed by atoms with Crippen LogP contribution in [0.3, 0.4) is 0 Å². The summed E-state index contributed by atoms with van der Waals surface area (Å²) in [5, 5.41) is 1.25. The van der Waals surface area contributed by atoms with Gasteiger partial charge in [0.2, 0.25) is 0 Å². The van der Waals surface area contributed by atoms with Crippen LogP contribution in [0.5, 0.6) is 5.75 Å². The van der Waals surface area contributed by atoms with E-state index in [0.29, 0.717) is 33.7 Å². The lowest BCUT2D eigenvalue weighted by atomic mass is 10.1. The first-order valence-electron chi connectivity index (χ1n) is 8.07. The molecule has 0 spiro atoms. The van der Waals surface area contributed by atoms with E-state index >= 15 is 0 Å². The molecule has 0 bridgehead atoms. The van der Waals surface area contributed by atoms with E-state index in [0.717, 1.165) is 0 Å². The van der Waals surface area contributed by atoms with Gasteiger partial charge in [0.05, 0.1) is 34.5 Å². The highest BCUT2D eigenvalue weighted by Crippen LogP contribution is 2.34. The maximum atomic E-state index is 12.9. The van der Waals surface area contributed by atoms with Crippen LogP contribution in [0.4, 0.5) is 0 Å². The molecule has 0 fully saturated rings. The molecule has 26 heavy (non-hydrogen) atoms. The zero-order valence-corrected chi connectivity index (χ0v) is 15.7. The van der Waals surface area contributed by atoms with E-state index in [9.17, 15) is 9.59 Å². The number of rotatable bonds is 5. The Labute approximate surface area is 159 Å². The first-order chi connectivity index (χ1) is 12.5. The molecule has 2 heterocycles. The molecule has 3 aromatic rings. The predicted molar refractivity (Wildman–Crippen MR) is 101 cm³/mol. The minimum Gasteiger partial charge on any atom is -0.490 e. The van der Waals surface area contributed by atoms with Crippen molar-refractivity contribution in [1.82, 2.24) is 9.55 Å². The average molecular weight is 395 g/mol. The Bertz CT molecular complexity index is 1060. The summed E-state index contributed by atoms with van der Waals surface area (Å²) in [5.41, 5.74) is 0.419. The molecule has 3 rings (SSSR count). The minimum absolute atomic E-state index is 0.158. The summed E-state index contributed by atoms with van der Waals surface area (Å²) in [5.74, 6) is -0.153. The first kappa shape index (κ1) is 18.5. The number of halogens is 2. The molecule has 2 aromatic heterocycles. The molecule has 136 valence electrons. The van der Waals surface area contributed by atoms with E-state index in [-0.39, 0.29) is 29.4 Å². The molecule has 0 unspecified atom stereocenters. The predicted octanol–water partition coefficient (Wildman–Crippen LogP) is 3.82. The molecule has 6 nitrogen and oxygen atoms in total. The zero-order chi connectivity index (χ0) is 18.8. The number of fused-ring (bicyclic) bond motifs is 2. The van der Waals surface area contributed by atoms with E-state index in [4.69, 9.17) is 32.7 Å². The first-order valence-corrected chi connectivity index (χ1v) is 8.83. The van der Waals surface area contributed by atoms with Crippen LogP contribution in [-0.2, 0) is 16.1 Å². The third kappa shape index (κ3) is 3.22. The number of nitrogens with zero attached hydrogens (tertiary/aromatic N) is 2. The highest BCUT2D eigenvalue weighted by atomic mass is 35.5. The number of pyridine rings is 2. The lowest BCUT2D eigenvalue weighted by Gasteiger charge is -2.17. The maximum Gasteiger partial charge on any atom is 0.326 e. The van der Waals surface area contributed by atoms with Crippen molar-refractivity contribution >= 4 is 51.1 Å². The number of carbonyl (C=O) groups excluding carboxylic acids is 1. The smallest absolute Gasteiger partial charge is 0.326 e. The van der Waals surface area contributed by atoms with Crippen LogP contribution in [-0.4, -0.2) is 28.7 Å². The van der Waals surface area contributed by atoms with Gasteiger partial charge in [-0.1, -0.05) is 23.2 Å². The molecule has 0 aliphatic carbocycles. The highest BCUT2D eigenvalue weighted by Gasteiger charge is 2.20. The summed E-state index contributed by atoms with van der Waals surface area (Å²) in [6.07, 6.45) is 0. The van der Waals surface area contributed by atoms with Gasteiger partial charge in [-0.15, -0.1) is 0 Å². The number of esters is 1. The van der Waals surface area contributed by atoms with Gasteiger partial charge in [-0.25, -0.2) is 4.98 Å². The van der Waals surface area contributed by atoms with Gasteiger partial charge in [0.1, 0.15) is 17.3 Å². The van der Waals surface area contributed by atoms with Gasteiger partial charge in [-0.3, -0.25) is 9.59 Å². The van der Waals surface area contributed by atoms with Crippen molar-refractivity contribution in [2.24, 2.45) is 0 Å². The van der Waals surface area contributed by atoms with Crippen molar-refractivity contribution in [3.05, 3.63) is 44.7 Å². The van der Waals surface area contributed by atoms with E-state index in [1.165, 1.54) is 6.07 Å². The van der Waals surface area contributed by atoms with Crippen molar-refractivity contribution < 1.29 is 14.3 Å². The molecular weight excluding hydrogens is 379 g/mol. The summed E-state index contributed by atoms with van der Waals surface area (Å²) < 4.78 is 12.3. The van der Waals surface area contributed by atoms with Gasteiger partial charge in [-0.05, 0) is 38.1 Å². The Morgan fingerprint density at radius 2 is 1.85 bits per heavy atom. The molecule has 0 N–H and O–H groups in total. The third-order valence-electron chi connectivity index (χ3n) is 3.82. The second-order valence-electron chi connectivity index (χ2n) is 5.43. The van der Waals surface area contributed by atoms with Crippen LogP contribution < -0.4 is 10.2 Å². The molecule has 0 aliphatic rings. The van der Waals surface area contributed by atoms with Crippen molar-refractivity contribution in [1.29, 1.82) is 0 Å². The van der Waals surface area contributed by atoms with Gasteiger partial charge in [0, 0.05) is 0 Å². The molecular formula is C18H16Cl2N2O4. The number of ether oxygens (including phenoxy) is 2. The zero-order valence-electron chi connectivity index (χ0n) is 14.2. The van der Waals surface area contributed by atoms with Gasteiger partial charge in [-0.2, -0.15) is 0 Å². The molecule has 0 aliphatic heterocycles. The lowest BCUT2D eigenvalue weighted by molar-refractivity contribution is -0.143. The van der Waals surface area contributed by atoms with Crippen LogP contribution in [0.25, 0.3) is 21.9 Å². The average Bonchev–Trinajstić information content (AvgIpc) is 2.60. The van der Waals surface area contributed by atoms with Gasteiger partial charge < -0.3 is 14.0 Å². The number of aromatic nitrogens is 2. The molecule has 0 radical (unpaired) electrons. The Kier molecular flexibility index (Phi) is 5.34. The van der Waals surface area contributed by atoms with Crippen LogP contribution in [0.15, 0.2) is 29.1 Å². The van der Waals surface area contributed by atoms with E-state index in [2.05, 4.69) is 4.98 Å². The normalized spacial score (nSPS) is 11.1. The number of benzene rings is 1. The fourth-order valence-electron chi connectivity index (χ4n) is 2.83. The van der Waals surface area contributed by atoms with Crippen molar-refractivity contribution in [3.8, 4) is 5.75 Å². The monoisotopic (exact) mass is 394 g/mol. The number of hydrogen-bond acceptors (Lipinski definition) is 5. The van der Waals surface area contributed by atoms with Crippen LogP contribution in [0.1, 0.15) is 13.8 Å². The van der Waals surface area contributed by atoms with Gasteiger partial charge in [0.15, 0.2) is 11.2 Å². The largest absolute Gasteiger partial charge is 0.490 e. The fourth-order valence-corrected chi connectivity index (χ4v) is 3.18. The maximum absolute atomic E-state index is 12.9. The SMILES string of the molecule is CCOC(=O)Cn1c2nc(Cl)ccc2c(=O)c2ccc(Cl)c(OCC)c21. The number of hydrogen-bond donors (Lipinski definition) is 0.